The normalized spacial score (nSPS) is 38.6. The van der Waals surface area contributed by atoms with Gasteiger partial charge in [0, 0.05) is 0 Å². The molecule has 1 saturated heterocycles. The number of nitrogens with zero attached hydrogens (tertiary/aromatic N) is 1. The van der Waals surface area contributed by atoms with Crippen molar-refractivity contribution in [3.63, 3.8) is 0 Å². The molecule has 3 aliphatic carbocycles. The van der Waals surface area contributed by atoms with Crippen LogP contribution in [0.5, 0.6) is 0 Å². The van der Waals surface area contributed by atoms with E-state index in [4.69, 9.17) is 4.42 Å². The van der Waals surface area contributed by atoms with E-state index in [1.807, 2.05) is 6.92 Å². The fourth-order valence-corrected chi connectivity index (χ4v) is 4.29. The van der Waals surface area contributed by atoms with Gasteiger partial charge in [0.25, 0.3) is 0 Å². The fraction of sp³-hybridized carbons (Fsp3) is 0.500. The number of likely N-dealkylation sites (tertiary alicyclic amines) is 1. The summed E-state index contributed by atoms with van der Waals surface area (Å²) in [6.45, 7) is 2.23. The zero-order valence-corrected chi connectivity index (χ0v) is 11.4. The summed E-state index contributed by atoms with van der Waals surface area (Å²) in [6, 6.07) is 3.58. The van der Waals surface area contributed by atoms with Crippen molar-refractivity contribution in [2.24, 2.45) is 23.2 Å². The van der Waals surface area contributed by atoms with Gasteiger partial charge in [-0.2, -0.15) is 0 Å². The van der Waals surface area contributed by atoms with E-state index < -0.39 is 5.41 Å². The number of rotatable bonds is 2. The lowest BCUT2D eigenvalue weighted by Crippen LogP contribution is -2.47. The van der Waals surface area contributed by atoms with Crippen LogP contribution in [-0.4, -0.2) is 16.7 Å². The molecule has 4 heteroatoms. The highest BCUT2D eigenvalue weighted by Gasteiger charge is 2.64. The molecule has 5 rings (SSSR count). The molecule has 4 atom stereocenters. The third-order valence-corrected chi connectivity index (χ3v) is 5.38. The van der Waals surface area contributed by atoms with Gasteiger partial charge in [0.1, 0.15) is 5.76 Å². The summed E-state index contributed by atoms with van der Waals surface area (Å²) in [5, 5.41) is 0. The van der Waals surface area contributed by atoms with Gasteiger partial charge in [0.2, 0.25) is 11.8 Å². The number of allylic oxidation sites excluding steroid dienone is 2. The number of hydrogen-bond donors (Lipinski definition) is 0. The van der Waals surface area contributed by atoms with Gasteiger partial charge in [-0.3, -0.25) is 14.5 Å². The van der Waals surface area contributed by atoms with Crippen molar-refractivity contribution in [3.05, 3.63) is 36.3 Å². The van der Waals surface area contributed by atoms with Crippen molar-refractivity contribution in [3.8, 4) is 0 Å². The number of furan rings is 1. The zero-order chi connectivity index (χ0) is 13.9. The van der Waals surface area contributed by atoms with Crippen LogP contribution >= 0.6 is 0 Å². The molecule has 1 aliphatic heterocycles. The number of hydrogen-bond acceptors (Lipinski definition) is 3. The van der Waals surface area contributed by atoms with Gasteiger partial charge in [0.15, 0.2) is 0 Å². The van der Waals surface area contributed by atoms with Crippen LogP contribution in [-0.2, 0) is 16.1 Å². The Labute approximate surface area is 117 Å². The van der Waals surface area contributed by atoms with E-state index in [0.717, 1.165) is 12.8 Å². The van der Waals surface area contributed by atoms with Gasteiger partial charge in [-0.05, 0) is 43.7 Å². The maximum Gasteiger partial charge on any atom is 0.236 e. The maximum absolute atomic E-state index is 12.8. The van der Waals surface area contributed by atoms with Crippen LogP contribution in [0.1, 0.15) is 25.5 Å². The summed E-state index contributed by atoms with van der Waals surface area (Å²) in [6.07, 6.45) is 7.89. The van der Waals surface area contributed by atoms with E-state index in [-0.39, 0.29) is 36.1 Å². The van der Waals surface area contributed by atoms with E-state index in [1.54, 1.807) is 18.4 Å². The molecule has 104 valence electrons. The standard InChI is InChI=1S/C16H17NO3/c1-16-11-6-4-10(5-7-11)13(16)14(18)17(15(16)19)9-12-3-2-8-20-12/h2-4,6,8,10-11,13H,5,7,9H2,1H3/t10?,11-,13?,16?/m0/s1. The summed E-state index contributed by atoms with van der Waals surface area (Å²) in [5.74, 6) is 0.873. The summed E-state index contributed by atoms with van der Waals surface area (Å²) in [7, 11) is 0. The fourth-order valence-electron chi connectivity index (χ4n) is 4.29. The first kappa shape index (κ1) is 11.9. The third kappa shape index (κ3) is 1.31. The monoisotopic (exact) mass is 271 g/mol. The first-order valence-electron chi connectivity index (χ1n) is 7.19. The lowest BCUT2D eigenvalue weighted by molar-refractivity contribution is -0.143. The highest BCUT2D eigenvalue weighted by molar-refractivity contribution is 6.08. The topological polar surface area (TPSA) is 50.5 Å². The Balaban J connectivity index is 1.72. The predicted molar refractivity (Wildman–Crippen MR) is 71.2 cm³/mol. The smallest absolute Gasteiger partial charge is 0.236 e. The van der Waals surface area contributed by atoms with Gasteiger partial charge < -0.3 is 4.42 Å². The molecular weight excluding hydrogens is 254 g/mol. The summed E-state index contributed by atoms with van der Waals surface area (Å²) >= 11 is 0. The second kappa shape index (κ2) is 3.84. The van der Waals surface area contributed by atoms with Crippen LogP contribution in [0.25, 0.3) is 0 Å². The molecule has 1 aromatic rings. The minimum Gasteiger partial charge on any atom is -0.467 e. The van der Waals surface area contributed by atoms with Gasteiger partial charge in [-0.1, -0.05) is 12.2 Å². The highest BCUT2D eigenvalue weighted by atomic mass is 16.3. The highest BCUT2D eigenvalue weighted by Crippen LogP contribution is 2.57. The second-order valence-corrected chi connectivity index (χ2v) is 6.30. The zero-order valence-electron chi connectivity index (χ0n) is 11.4. The molecular formula is C16H17NO3. The summed E-state index contributed by atoms with van der Waals surface area (Å²) in [5.41, 5.74) is -0.540. The molecule has 4 nitrogen and oxygen atoms in total. The molecule has 0 aromatic carbocycles. The molecule has 2 heterocycles. The van der Waals surface area contributed by atoms with Gasteiger partial charge in [-0.25, -0.2) is 0 Å². The number of carbonyl (C=O) groups is 2. The van der Waals surface area contributed by atoms with Crippen molar-refractivity contribution in [2.45, 2.75) is 26.3 Å². The Morgan fingerprint density at radius 1 is 1.35 bits per heavy atom. The van der Waals surface area contributed by atoms with Crippen molar-refractivity contribution in [1.29, 1.82) is 0 Å². The van der Waals surface area contributed by atoms with Crippen LogP contribution in [0.2, 0.25) is 0 Å². The Morgan fingerprint density at radius 3 is 2.80 bits per heavy atom. The Morgan fingerprint density at radius 2 is 2.20 bits per heavy atom. The molecule has 4 aliphatic rings. The Hall–Kier alpha value is -1.84. The molecule has 2 bridgehead atoms. The maximum atomic E-state index is 12.8. The van der Waals surface area contributed by atoms with Crippen LogP contribution in [0.15, 0.2) is 35.0 Å². The predicted octanol–water partition coefficient (Wildman–Crippen LogP) is 2.37. The summed E-state index contributed by atoms with van der Waals surface area (Å²) < 4.78 is 5.29. The quantitative estimate of drug-likeness (QED) is 0.613. The molecule has 0 radical (unpaired) electrons. The molecule has 20 heavy (non-hydrogen) atoms. The van der Waals surface area contributed by atoms with E-state index in [0.29, 0.717) is 5.76 Å². The molecule has 3 unspecified atom stereocenters. The SMILES string of the molecule is CC12C(=O)N(Cc3ccco3)C(=O)C1C1C=C[C@H]2CC1. The molecule has 2 fully saturated rings. The number of fused-ring (bicyclic) bond motifs is 1. The van der Waals surface area contributed by atoms with E-state index >= 15 is 0 Å². The Kier molecular flexibility index (Phi) is 2.29. The van der Waals surface area contributed by atoms with Crippen molar-refractivity contribution < 1.29 is 14.0 Å². The minimum absolute atomic E-state index is 0.0204. The third-order valence-electron chi connectivity index (χ3n) is 5.38. The molecule has 1 saturated carbocycles. The van der Waals surface area contributed by atoms with E-state index in [9.17, 15) is 9.59 Å². The largest absolute Gasteiger partial charge is 0.467 e. The van der Waals surface area contributed by atoms with Crippen molar-refractivity contribution in [2.75, 3.05) is 0 Å². The van der Waals surface area contributed by atoms with Crippen LogP contribution in [0.3, 0.4) is 0 Å². The first-order valence-corrected chi connectivity index (χ1v) is 7.19. The van der Waals surface area contributed by atoms with E-state index in [1.165, 1.54) is 4.90 Å². The van der Waals surface area contributed by atoms with Crippen LogP contribution in [0, 0.1) is 23.2 Å². The summed E-state index contributed by atoms with van der Waals surface area (Å²) in [4.78, 5) is 26.9. The Bertz CT molecular complexity index is 603. The molecule has 2 amide bonds. The van der Waals surface area contributed by atoms with Crippen LogP contribution in [0.4, 0.5) is 0 Å². The lowest BCUT2D eigenvalue weighted by Gasteiger charge is -2.45. The van der Waals surface area contributed by atoms with Crippen molar-refractivity contribution in [1.82, 2.24) is 4.90 Å². The van der Waals surface area contributed by atoms with Crippen molar-refractivity contribution >= 4 is 11.8 Å². The second-order valence-electron chi connectivity index (χ2n) is 6.30. The average molecular weight is 271 g/mol. The first-order chi connectivity index (χ1) is 9.62. The molecule has 0 N–H and O–H groups in total. The number of amides is 2. The number of carbonyl (C=O) groups excluding carboxylic acids is 2. The number of imide groups is 1. The van der Waals surface area contributed by atoms with Crippen LogP contribution < -0.4 is 0 Å². The van der Waals surface area contributed by atoms with Gasteiger partial charge >= 0.3 is 0 Å². The van der Waals surface area contributed by atoms with Gasteiger partial charge in [-0.15, -0.1) is 0 Å². The average Bonchev–Trinajstić information content (AvgIpc) is 3.03. The molecule has 1 aromatic heterocycles. The van der Waals surface area contributed by atoms with Gasteiger partial charge in [0.05, 0.1) is 24.1 Å². The molecule has 0 spiro atoms. The van der Waals surface area contributed by atoms with E-state index in [2.05, 4.69) is 12.2 Å². The lowest BCUT2D eigenvalue weighted by atomic mass is 9.55. The minimum atomic E-state index is -0.540.